The second-order valence-corrected chi connectivity index (χ2v) is 5.80. The van der Waals surface area contributed by atoms with E-state index in [0.29, 0.717) is 24.7 Å². The first kappa shape index (κ1) is 15.7. The van der Waals surface area contributed by atoms with E-state index < -0.39 is 0 Å². The maximum Gasteiger partial charge on any atom is 0.227 e. The van der Waals surface area contributed by atoms with Crippen LogP contribution in [0, 0.1) is 0 Å². The van der Waals surface area contributed by atoms with Gasteiger partial charge in [0.1, 0.15) is 0 Å². The summed E-state index contributed by atoms with van der Waals surface area (Å²) in [5.41, 5.74) is 2.15. The van der Waals surface area contributed by atoms with Crippen molar-refractivity contribution in [1.29, 1.82) is 0 Å². The van der Waals surface area contributed by atoms with Crippen molar-refractivity contribution in [3.8, 4) is 0 Å². The van der Waals surface area contributed by atoms with Crippen LogP contribution in [0.25, 0.3) is 0 Å². The van der Waals surface area contributed by atoms with E-state index in [9.17, 15) is 4.79 Å². The minimum Gasteiger partial charge on any atom is -0.339 e. The molecule has 1 aliphatic heterocycles. The average molecular weight is 314 g/mol. The summed E-state index contributed by atoms with van der Waals surface area (Å²) in [6.45, 7) is 5.47. The highest BCUT2D eigenvalue weighted by atomic mass is 16.5. The third-order valence-corrected chi connectivity index (χ3v) is 4.16. The smallest absolute Gasteiger partial charge is 0.227 e. The maximum atomic E-state index is 11.8. The minimum atomic E-state index is 0.168. The molecule has 1 aliphatic rings. The number of hydrogen-bond acceptors (Lipinski definition) is 5. The van der Waals surface area contributed by atoms with Crippen LogP contribution in [0.4, 0.5) is 5.69 Å². The highest BCUT2D eigenvalue weighted by molar-refractivity contribution is 5.95. The molecule has 6 heteroatoms. The van der Waals surface area contributed by atoms with Gasteiger partial charge in [0.25, 0.3) is 0 Å². The third kappa shape index (κ3) is 3.59. The fourth-order valence-corrected chi connectivity index (χ4v) is 2.73. The zero-order chi connectivity index (χ0) is 16.2. The number of carbonyl (C=O) groups excluding carboxylic acids is 1. The van der Waals surface area contributed by atoms with Gasteiger partial charge >= 0.3 is 0 Å². The molecule has 0 saturated carbocycles. The predicted molar refractivity (Wildman–Crippen MR) is 87.0 cm³/mol. The van der Waals surface area contributed by atoms with Gasteiger partial charge in [-0.1, -0.05) is 24.2 Å². The lowest BCUT2D eigenvalue weighted by Gasteiger charge is -2.18. The quantitative estimate of drug-likeness (QED) is 0.887. The summed E-state index contributed by atoms with van der Waals surface area (Å²) in [5.74, 6) is 1.55. The Hall–Kier alpha value is -2.21. The van der Waals surface area contributed by atoms with Gasteiger partial charge in [-0.15, -0.1) is 0 Å². The van der Waals surface area contributed by atoms with Gasteiger partial charge in [-0.25, -0.2) is 0 Å². The number of amides is 1. The van der Waals surface area contributed by atoms with Crippen LogP contribution in [0.2, 0.25) is 0 Å². The van der Waals surface area contributed by atoms with Gasteiger partial charge in [-0.05, 0) is 31.0 Å². The summed E-state index contributed by atoms with van der Waals surface area (Å²) >= 11 is 0. The molecule has 122 valence electrons. The first-order chi connectivity index (χ1) is 11.2. The molecule has 1 amide bonds. The van der Waals surface area contributed by atoms with Crippen molar-refractivity contribution in [2.75, 3.05) is 11.4 Å². The standard InChI is InChI=1S/C17H22N4O2/c1-3-16-19-15(20-23-16)11-18-12(2)13-6-8-14(9-7-13)21-10-4-5-17(21)22/h6-9,12,18H,3-5,10-11H2,1-2H3. The minimum absolute atomic E-state index is 0.168. The van der Waals surface area contributed by atoms with Crippen LogP contribution in [-0.2, 0) is 17.8 Å². The van der Waals surface area contributed by atoms with Gasteiger partial charge in [0.15, 0.2) is 5.82 Å². The number of anilines is 1. The first-order valence-electron chi connectivity index (χ1n) is 8.12. The Morgan fingerprint density at radius 1 is 1.35 bits per heavy atom. The Labute approximate surface area is 135 Å². The van der Waals surface area contributed by atoms with E-state index in [1.54, 1.807) is 0 Å². The molecule has 1 N–H and O–H groups in total. The molecule has 0 radical (unpaired) electrons. The van der Waals surface area contributed by atoms with Crippen LogP contribution in [0.5, 0.6) is 0 Å². The molecule has 1 unspecified atom stereocenters. The lowest BCUT2D eigenvalue weighted by Crippen LogP contribution is -2.24. The Bertz CT molecular complexity index is 665. The number of rotatable bonds is 6. The topological polar surface area (TPSA) is 71.3 Å². The van der Waals surface area contributed by atoms with Crippen molar-refractivity contribution in [3.63, 3.8) is 0 Å². The molecule has 6 nitrogen and oxygen atoms in total. The lowest BCUT2D eigenvalue weighted by molar-refractivity contribution is -0.117. The van der Waals surface area contributed by atoms with Gasteiger partial charge in [0.05, 0.1) is 6.54 Å². The molecule has 23 heavy (non-hydrogen) atoms. The molecule has 1 aromatic carbocycles. The van der Waals surface area contributed by atoms with Crippen LogP contribution in [0.3, 0.4) is 0 Å². The van der Waals surface area contributed by atoms with Crippen molar-refractivity contribution in [1.82, 2.24) is 15.5 Å². The number of nitrogens with zero attached hydrogens (tertiary/aromatic N) is 3. The van der Waals surface area contributed by atoms with Gasteiger partial charge in [-0.2, -0.15) is 4.98 Å². The Kier molecular flexibility index (Phi) is 4.71. The van der Waals surface area contributed by atoms with Crippen LogP contribution in [-0.4, -0.2) is 22.6 Å². The molecule has 0 aliphatic carbocycles. The van der Waals surface area contributed by atoms with E-state index in [1.165, 1.54) is 5.56 Å². The highest BCUT2D eigenvalue weighted by Crippen LogP contribution is 2.23. The van der Waals surface area contributed by atoms with Gasteiger partial charge < -0.3 is 14.7 Å². The van der Waals surface area contributed by atoms with Crippen molar-refractivity contribution < 1.29 is 9.32 Å². The third-order valence-electron chi connectivity index (χ3n) is 4.16. The molecule has 2 aromatic rings. The van der Waals surface area contributed by atoms with Crippen LogP contribution >= 0.6 is 0 Å². The van der Waals surface area contributed by atoms with E-state index in [0.717, 1.165) is 25.1 Å². The molecule has 1 saturated heterocycles. The predicted octanol–water partition coefficient (Wildman–Crippen LogP) is 2.61. The molecule has 3 rings (SSSR count). The van der Waals surface area contributed by atoms with Crippen molar-refractivity contribution in [2.45, 2.75) is 45.7 Å². The van der Waals surface area contributed by atoms with Gasteiger partial charge in [-0.3, -0.25) is 4.79 Å². The van der Waals surface area contributed by atoms with E-state index in [2.05, 4.69) is 34.5 Å². The normalized spacial score (nSPS) is 16.1. The van der Waals surface area contributed by atoms with Crippen LogP contribution < -0.4 is 10.2 Å². The fourth-order valence-electron chi connectivity index (χ4n) is 2.73. The van der Waals surface area contributed by atoms with Gasteiger partial charge in [0.2, 0.25) is 11.8 Å². The van der Waals surface area contributed by atoms with E-state index in [4.69, 9.17) is 4.52 Å². The lowest BCUT2D eigenvalue weighted by atomic mass is 10.1. The molecule has 2 heterocycles. The molecule has 1 aromatic heterocycles. The maximum absolute atomic E-state index is 11.8. The van der Waals surface area contributed by atoms with Gasteiger partial charge in [0, 0.05) is 31.1 Å². The summed E-state index contributed by atoms with van der Waals surface area (Å²) in [7, 11) is 0. The number of benzene rings is 1. The van der Waals surface area contributed by atoms with E-state index >= 15 is 0 Å². The molecular formula is C17H22N4O2. The SMILES string of the molecule is CCc1nc(CNC(C)c2ccc(N3CCCC3=O)cc2)no1. The summed E-state index contributed by atoms with van der Waals surface area (Å²) in [6, 6.07) is 8.32. The first-order valence-corrected chi connectivity index (χ1v) is 8.12. The zero-order valence-electron chi connectivity index (χ0n) is 13.6. The molecule has 0 bridgehead atoms. The number of carbonyl (C=O) groups is 1. The highest BCUT2D eigenvalue weighted by Gasteiger charge is 2.21. The second kappa shape index (κ2) is 6.91. The van der Waals surface area contributed by atoms with Crippen molar-refractivity contribution >= 4 is 11.6 Å². The van der Waals surface area contributed by atoms with Crippen molar-refractivity contribution in [3.05, 3.63) is 41.5 Å². The second-order valence-electron chi connectivity index (χ2n) is 5.80. The Morgan fingerprint density at radius 3 is 2.74 bits per heavy atom. The molecule has 1 fully saturated rings. The average Bonchev–Trinajstić information content (AvgIpc) is 3.21. The molecule has 0 spiro atoms. The summed E-state index contributed by atoms with van der Waals surface area (Å²) < 4.78 is 5.10. The number of aromatic nitrogens is 2. The summed E-state index contributed by atoms with van der Waals surface area (Å²) in [5, 5.41) is 7.32. The Morgan fingerprint density at radius 2 is 2.13 bits per heavy atom. The van der Waals surface area contributed by atoms with Crippen LogP contribution in [0.15, 0.2) is 28.8 Å². The molecule has 1 atom stereocenters. The van der Waals surface area contributed by atoms with E-state index in [1.807, 2.05) is 24.0 Å². The van der Waals surface area contributed by atoms with Crippen LogP contribution in [0.1, 0.15) is 50.0 Å². The van der Waals surface area contributed by atoms with E-state index in [-0.39, 0.29) is 11.9 Å². The molecular weight excluding hydrogens is 292 g/mol. The monoisotopic (exact) mass is 314 g/mol. The number of aryl methyl sites for hydroxylation is 1. The summed E-state index contributed by atoms with van der Waals surface area (Å²) in [4.78, 5) is 17.9. The Balaban J connectivity index is 1.58. The fraction of sp³-hybridized carbons (Fsp3) is 0.471. The number of hydrogen-bond donors (Lipinski definition) is 1. The number of nitrogens with one attached hydrogen (secondary N) is 1. The van der Waals surface area contributed by atoms with Crippen molar-refractivity contribution in [2.24, 2.45) is 0 Å². The largest absolute Gasteiger partial charge is 0.339 e. The zero-order valence-corrected chi connectivity index (χ0v) is 13.6. The summed E-state index contributed by atoms with van der Waals surface area (Å²) in [6.07, 6.45) is 2.35.